The molecular weight excluding hydrogens is 354 g/mol. The minimum absolute atomic E-state index is 0.00866. The monoisotopic (exact) mass is 385 g/mol. The largest absolute Gasteiger partial charge is 0.507 e. The van der Waals surface area contributed by atoms with E-state index in [9.17, 15) is 20.1 Å². The summed E-state index contributed by atoms with van der Waals surface area (Å²) >= 11 is 0. The van der Waals surface area contributed by atoms with Crippen molar-refractivity contribution in [2.75, 3.05) is 18.1 Å². The van der Waals surface area contributed by atoms with E-state index < -0.39 is 0 Å². The van der Waals surface area contributed by atoms with E-state index in [2.05, 4.69) is 19.6 Å². The molecule has 2 aliphatic rings. The Morgan fingerprint density at radius 2 is 1.96 bits per heavy atom. The fraction of sp³-hybridized carbons (Fsp3) is 0.522. The number of aliphatic hydroxyl groups is 1. The van der Waals surface area contributed by atoms with Gasteiger partial charge in [0.1, 0.15) is 11.5 Å². The predicted octanol–water partition coefficient (Wildman–Crippen LogP) is 4.34. The van der Waals surface area contributed by atoms with Crippen LogP contribution in [0.5, 0.6) is 11.5 Å². The first-order valence-corrected chi connectivity index (χ1v) is 10.1. The number of anilines is 1. The maximum Gasteiger partial charge on any atom is 0.223 e. The Morgan fingerprint density at radius 1 is 1.25 bits per heavy atom. The fourth-order valence-electron chi connectivity index (χ4n) is 4.85. The Kier molecular flexibility index (Phi) is 5.84. The maximum atomic E-state index is 12.1. The molecule has 1 aliphatic heterocycles. The minimum atomic E-state index is -0.154. The third-order valence-electron chi connectivity index (χ3n) is 6.31. The highest BCUT2D eigenvalue weighted by Crippen LogP contribution is 2.53. The Bertz CT molecular complexity index is 826. The first-order valence-electron chi connectivity index (χ1n) is 10.1. The number of rotatable bonds is 4. The number of nitrogens with zero attached hydrogens (tertiary/aromatic N) is 1. The zero-order valence-electron chi connectivity index (χ0n) is 17.0. The van der Waals surface area contributed by atoms with Gasteiger partial charge in [-0.15, -0.1) is 0 Å². The number of fused-ring (bicyclic) bond motifs is 1. The van der Waals surface area contributed by atoms with Gasteiger partial charge in [0.05, 0.1) is 5.69 Å². The lowest BCUT2D eigenvalue weighted by molar-refractivity contribution is -0.116. The van der Waals surface area contributed by atoms with Crippen LogP contribution < -0.4 is 4.90 Å². The molecule has 0 saturated carbocycles. The zero-order chi connectivity index (χ0) is 20.6. The molecule has 0 radical (unpaired) electrons. The van der Waals surface area contributed by atoms with Crippen LogP contribution in [0.4, 0.5) is 5.69 Å². The van der Waals surface area contributed by atoms with Gasteiger partial charge >= 0.3 is 0 Å². The van der Waals surface area contributed by atoms with Crippen LogP contribution in [0.1, 0.15) is 69.4 Å². The molecule has 3 N–H and O–H groups in total. The van der Waals surface area contributed by atoms with Crippen LogP contribution in [0, 0.1) is 5.92 Å². The number of carbonyl (C=O) groups excluding carboxylic acids is 1. The molecular formula is C23H31NO4. The summed E-state index contributed by atoms with van der Waals surface area (Å²) in [7, 11) is 0. The number of phenolic OH excluding ortho intramolecular Hbond substituents is 2. The number of hydrogen-bond donors (Lipinski definition) is 3. The maximum absolute atomic E-state index is 12.1. The third kappa shape index (κ3) is 3.55. The molecule has 1 aromatic rings. The van der Waals surface area contributed by atoms with Gasteiger partial charge in [0.25, 0.3) is 0 Å². The summed E-state index contributed by atoms with van der Waals surface area (Å²) in [6.45, 7) is 10.2. The van der Waals surface area contributed by atoms with Gasteiger partial charge < -0.3 is 20.2 Å². The van der Waals surface area contributed by atoms with E-state index >= 15 is 0 Å². The van der Waals surface area contributed by atoms with Crippen LogP contribution in [0.2, 0.25) is 0 Å². The quantitative estimate of drug-likeness (QED) is 0.674. The molecule has 3 atom stereocenters. The molecule has 0 bridgehead atoms. The van der Waals surface area contributed by atoms with Crippen LogP contribution in [-0.2, 0) is 4.79 Å². The first-order chi connectivity index (χ1) is 13.3. The van der Waals surface area contributed by atoms with Crippen LogP contribution >= 0.6 is 0 Å². The van der Waals surface area contributed by atoms with E-state index in [1.54, 1.807) is 11.0 Å². The number of allylic oxidation sites excluding steroid dienone is 3. The Balaban J connectivity index is 2.21. The average molecular weight is 386 g/mol. The molecule has 1 aromatic carbocycles. The normalized spacial score (nSPS) is 24.5. The number of carbonyl (C=O) groups is 1. The molecule has 0 spiro atoms. The number of aliphatic hydroxyl groups excluding tert-OH is 1. The molecule has 3 rings (SSSR count). The van der Waals surface area contributed by atoms with Crippen molar-refractivity contribution in [3.8, 4) is 11.5 Å². The van der Waals surface area contributed by atoms with E-state index in [4.69, 9.17) is 0 Å². The number of hydrogen-bond acceptors (Lipinski definition) is 4. The molecule has 1 heterocycles. The second kappa shape index (κ2) is 8.00. The van der Waals surface area contributed by atoms with Crippen molar-refractivity contribution in [2.45, 2.75) is 58.3 Å². The van der Waals surface area contributed by atoms with Crippen molar-refractivity contribution in [2.24, 2.45) is 5.92 Å². The Morgan fingerprint density at radius 3 is 2.57 bits per heavy atom. The van der Waals surface area contributed by atoms with E-state index in [0.717, 1.165) is 18.4 Å². The number of aromatic hydroxyl groups is 2. The highest BCUT2D eigenvalue weighted by Gasteiger charge is 2.36. The lowest BCUT2D eigenvalue weighted by Gasteiger charge is -2.37. The molecule has 28 heavy (non-hydrogen) atoms. The predicted molar refractivity (Wildman–Crippen MR) is 111 cm³/mol. The highest BCUT2D eigenvalue weighted by molar-refractivity contribution is 5.94. The Labute approximate surface area is 167 Å². The lowest BCUT2D eigenvalue weighted by Crippen LogP contribution is -2.35. The molecule has 0 saturated heterocycles. The summed E-state index contributed by atoms with van der Waals surface area (Å²) in [5.74, 6) is -0.118. The molecule has 1 amide bonds. The van der Waals surface area contributed by atoms with Crippen LogP contribution in [-0.4, -0.2) is 34.4 Å². The standard InChI is InChI=1S/C23H31NO4/c1-13(2)17-6-5-14(3)11-18(17)22-20(27)12-19-21(23(22)28)16(8-10-25)7-9-24(19)15(4)26/h11-12,16-18,25,27-28H,1,5-10H2,2-4H3/t16-,17-,18+/m0/s1. The summed E-state index contributed by atoms with van der Waals surface area (Å²) in [6.07, 6.45) is 5.22. The van der Waals surface area contributed by atoms with Crippen LogP contribution in [0.25, 0.3) is 0 Å². The van der Waals surface area contributed by atoms with E-state index in [-0.39, 0.29) is 41.8 Å². The van der Waals surface area contributed by atoms with Crippen molar-refractivity contribution < 1.29 is 20.1 Å². The van der Waals surface area contributed by atoms with Gasteiger partial charge in [0.2, 0.25) is 5.91 Å². The summed E-state index contributed by atoms with van der Waals surface area (Å²) < 4.78 is 0. The smallest absolute Gasteiger partial charge is 0.223 e. The van der Waals surface area contributed by atoms with Crippen molar-refractivity contribution in [1.29, 1.82) is 0 Å². The van der Waals surface area contributed by atoms with Crippen molar-refractivity contribution >= 4 is 11.6 Å². The van der Waals surface area contributed by atoms with E-state index in [1.807, 2.05) is 6.92 Å². The van der Waals surface area contributed by atoms with Gasteiger partial charge in [-0.25, -0.2) is 0 Å². The Hall–Kier alpha value is -2.27. The van der Waals surface area contributed by atoms with Gasteiger partial charge in [-0.1, -0.05) is 23.8 Å². The summed E-state index contributed by atoms with van der Waals surface area (Å²) in [5, 5.41) is 31.7. The molecule has 0 aromatic heterocycles. The topological polar surface area (TPSA) is 81.0 Å². The molecule has 152 valence electrons. The second-order valence-corrected chi connectivity index (χ2v) is 8.29. The third-order valence-corrected chi connectivity index (χ3v) is 6.31. The van der Waals surface area contributed by atoms with E-state index in [0.29, 0.717) is 36.2 Å². The SMILES string of the molecule is C=C(C)[C@@H]1CCC(C)=C[C@H]1c1c(O)cc2c(c1O)[C@H](CCO)CCN2C(C)=O. The summed E-state index contributed by atoms with van der Waals surface area (Å²) in [5.41, 5.74) is 4.00. The number of amides is 1. The lowest BCUT2D eigenvalue weighted by atomic mass is 9.72. The highest BCUT2D eigenvalue weighted by atomic mass is 16.3. The van der Waals surface area contributed by atoms with E-state index in [1.165, 1.54) is 12.5 Å². The number of phenols is 2. The van der Waals surface area contributed by atoms with Crippen LogP contribution in [0.3, 0.4) is 0 Å². The second-order valence-electron chi connectivity index (χ2n) is 8.29. The van der Waals surface area contributed by atoms with Gasteiger partial charge in [-0.3, -0.25) is 4.79 Å². The number of benzene rings is 1. The van der Waals surface area contributed by atoms with Gasteiger partial charge in [0, 0.05) is 43.2 Å². The molecule has 1 aliphatic carbocycles. The summed E-state index contributed by atoms with van der Waals surface area (Å²) in [6, 6.07) is 1.61. The molecule has 0 unspecified atom stereocenters. The average Bonchev–Trinajstić information content (AvgIpc) is 2.61. The molecule has 5 heteroatoms. The minimum Gasteiger partial charge on any atom is -0.507 e. The molecule has 0 fully saturated rings. The van der Waals surface area contributed by atoms with Crippen molar-refractivity contribution in [3.05, 3.63) is 41.0 Å². The van der Waals surface area contributed by atoms with Gasteiger partial charge in [0.15, 0.2) is 0 Å². The first kappa shape index (κ1) is 20.5. The van der Waals surface area contributed by atoms with Gasteiger partial charge in [-0.2, -0.15) is 0 Å². The zero-order valence-corrected chi connectivity index (χ0v) is 17.0. The van der Waals surface area contributed by atoms with Crippen LogP contribution in [0.15, 0.2) is 29.9 Å². The fourth-order valence-corrected chi connectivity index (χ4v) is 4.85. The van der Waals surface area contributed by atoms with Crippen molar-refractivity contribution in [3.63, 3.8) is 0 Å². The summed E-state index contributed by atoms with van der Waals surface area (Å²) in [4.78, 5) is 13.7. The van der Waals surface area contributed by atoms with Crippen molar-refractivity contribution in [1.82, 2.24) is 0 Å². The molecule has 5 nitrogen and oxygen atoms in total. The van der Waals surface area contributed by atoms with Gasteiger partial charge in [-0.05, 0) is 51.4 Å².